The molecule has 25 heavy (non-hydrogen) atoms. The molecule has 1 atom stereocenters. The molecule has 0 radical (unpaired) electrons. The van der Waals surface area contributed by atoms with Crippen LogP contribution in [0.4, 0.5) is 5.82 Å². The summed E-state index contributed by atoms with van der Waals surface area (Å²) in [6.45, 7) is 1.22. The SMILES string of the molecule is CN(CCOc1ccc(CC2C(=O)NOC2=O)cc1)c1ccccn1. The van der Waals surface area contributed by atoms with Gasteiger partial charge in [-0.3, -0.25) is 4.79 Å². The normalized spacial score (nSPS) is 16.3. The Balaban J connectivity index is 1.48. The van der Waals surface area contributed by atoms with Crippen LogP contribution in [-0.2, 0) is 20.8 Å². The highest BCUT2D eigenvalue weighted by Gasteiger charge is 2.35. The summed E-state index contributed by atoms with van der Waals surface area (Å²) in [5.74, 6) is -0.0932. The number of carbonyl (C=O) groups is 2. The van der Waals surface area contributed by atoms with Gasteiger partial charge < -0.3 is 14.5 Å². The highest BCUT2D eigenvalue weighted by molar-refractivity contribution is 6.01. The largest absolute Gasteiger partial charge is 0.492 e. The summed E-state index contributed by atoms with van der Waals surface area (Å²) in [6, 6.07) is 13.1. The Morgan fingerprint density at radius 3 is 2.64 bits per heavy atom. The van der Waals surface area contributed by atoms with Gasteiger partial charge >= 0.3 is 5.97 Å². The molecule has 1 aromatic carbocycles. The Hall–Kier alpha value is -3.09. The Morgan fingerprint density at radius 1 is 1.20 bits per heavy atom. The predicted octanol–water partition coefficient (Wildman–Crippen LogP) is 1.34. The molecule has 1 saturated heterocycles. The summed E-state index contributed by atoms with van der Waals surface area (Å²) in [7, 11) is 1.96. The molecule has 0 spiro atoms. The quantitative estimate of drug-likeness (QED) is 0.766. The first kappa shape index (κ1) is 16.8. The van der Waals surface area contributed by atoms with E-state index in [4.69, 9.17) is 4.74 Å². The Labute approximate surface area is 145 Å². The number of nitrogens with one attached hydrogen (secondary N) is 1. The third kappa shape index (κ3) is 4.26. The first-order valence-corrected chi connectivity index (χ1v) is 7.98. The minimum Gasteiger partial charge on any atom is -0.492 e. The number of benzene rings is 1. The summed E-state index contributed by atoms with van der Waals surface area (Å²) in [5.41, 5.74) is 2.95. The molecule has 0 bridgehead atoms. The van der Waals surface area contributed by atoms with Crippen molar-refractivity contribution in [2.24, 2.45) is 5.92 Å². The number of hydroxylamine groups is 1. The number of nitrogens with zero attached hydrogens (tertiary/aromatic N) is 2. The van der Waals surface area contributed by atoms with Crippen LogP contribution in [0.15, 0.2) is 48.7 Å². The van der Waals surface area contributed by atoms with Gasteiger partial charge in [-0.1, -0.05) is 18.2 Å². The van der Waals surface area contributed by atoms with Crippen LogP contribution < -0.4 is 15.1 Å². The molecule has 1 N–H and O–H groups in total. The van der Waals surface area contributed by atoms with Crippen LogP contribution in [0.25, 0.3) is 0 Å². The predicted molar refractivity (Wildman–Crippen MR) is 90.9 cm³/mol. The van der Waals surface area contributed by atoms with Crippen molar-refractivity contribution in [2.75, 3.05) is 25.1 Å². The van der Waals surface area contributed by atoms with E-state index in [1.165, 1.54) is 0 Å². The van der Waals surface area contributed by atoms with E-state index in [0.29, 0.717) is 19.6 Å². The number of hydrogen-bond donors (Lipinski definition) is 1. The van der Waals surface area contributed by atoms with Crippen LogP contribution in [0.3, 0.4) is 0 Å². The van der Waals surface area contributed by atoms with E-state index in [-0.39, 0.29) is 0 Å². The summed E-state index contributed by atoms with van der Waals surface area (Å²) in [4.78, 5) is 33.7. The first-order valence-electron chi connectivity index (χ1n) is 7.98. The molecule has 130 valence electrons. The zero-order valence-corrected chi connectivity index (χ0v) is 13.8. The number of anilines is 1. The number of pyridine rings is 1. The highest BCUT2D eigenvalue weighted by Crippen LogP contribution is 2.18. The van der Waals surface area contributed by atoms with Crippen LogP contribution in [0.2, 0.25) is 0 Å². The topological polar surface area (TPSA) is 80.8 Å². The van der Waals surface area contributed by atoms with Gasteiger partial charge in [-0.15, -0.1) is 0 Å². The molecule has 3 rings (SSSR count). The van der Waals surface area contributed by atoms with Crippen molar-refractivity contribution in [1.29, 1.82) is 0 Å². The fraction of sp³-hybridized carbons (Fsp3) is 0.278. The van der Waals surface area contributed by atoms with E-state index in [1.807, 2.05) is 54.4 Å². The molecule has 2 aromatic rings. The van der Waals surface area contributed by atoms with Gasteiger partial charge in [-0.2, -0.15) is 5.48 Å². The van der Waals surface area contributed by atoms with Gasteiger partial charge in [0.05, 0.1) is 6.54 Å². The molecule has 1 aliphatic heterocycles. The number of rotatable bonds is 7. The average Bonchev–Trinajstić information content (AvgIpc) is 2.96. The summed E-state index contributed by atoms with van der Waals surface area (Å²) >= 11 is 0. The minimum atomic E-state index is -0.779. The lowest BCUT2D eigenvalue weighted by Crippen LogP contribution is -2.24. The van der Waals surface area contributed by atoms with Crippen molar-refractivity contribution in [3.8, 4) is 5.75 Å². The van der Waals surface area contributed by atoms with Gasteiger partial charge in [0.15, 0.2) is 0 Å². The van der Waals surface area contributed by atoms with Crippen LogP contribution in [0.5, 0.6) is 5.75 Å². The molecule has 7 nitrogen and oxygen atoms in total. The maximum absolute atomic E-state index is 11.5. The number of likely N-dealkylation sites (N-methyl/N-ethyl adjacent to an activating group) is 1. The van der Waals surface area contributed by atoms with Crippen LogP contribution >= 0.6 is 0 Å². The van der Waals surface area contributed by atoms with E-state index in [9.17, 15) is 9.59 Å². The lowest BCUT2D eigenvalue weighted by Gasteiger charge is -2.18. The second-order valence-electron chi connectivity index (χ2n) is 5.75. The van der Waals surface area contributed by atoms with E-state index < -0.39 is 17.8 Å². The van der Waals surface area contributed by atoms with E-state index >= 15 is 0 Å². The Kier molecular flexibility index (Phi) is 5.13. The molecule has 1 fully saturated rings. The van der Waals surface area contributed by atoms with Crippen molar-refractivity contribution < 1.29 is 19.2 Å². The minimum absolute atomic E-state index is 0.313. The monoisotopic (exact) mass is 341 g/mol. The van der Waals surface area contributed by atoms with Crippen molar-refractivity contribution in [1.82, 2.24) is 10.5 Å². The van der Waals surface area contributed by atoms with Crippen molar-refractivity contribution >= 4 is 17.7 Å². The summed E-state index contributed by atoms with van der Waals surface area (Å²) < 4.78 is 5.73. The van der Waals surface area contributed by atoms with Gasteiger partial charge in [-0.25, -0.2) is 9.78 Å². The van der Waals surface area contributed by atoms with Gasteiger partial charge in [-0.05, 0) is 36.2 Å². The number of aromatic nitrogens is 1. The van der Waals surface area contributed by atoms with Gasteiger partial charge in [0.2, 0.25) is 0 Å². The second-order valence-corrected chi connectivity index (χ2v) is 5.75. The molecule has 1 aromatic heterocycles. The Bertz CT molecular complexity index is 718. The van der Waals surface area contributed by atoms with Gasteiger partial charge in [0.25, 0.3) is 5.91 Å². The second kappa shape index (κ2) is 7.65. The fourth-order valence-electron chi connectivity index (χ4n) is 2.48. The molecule has 2 heterocycles. The molecule has 7 heteroatoms. The number of ether oxygens (including phenoxy) is 1. The lowest BCUT2D eigenvalue weighted by atomic mass is 9.99. The number of amides is 1. The lowest BCUT2D eigenvalue weighted by molar-refractivity contribution is -0.146. The van der Waals surface area contributed by atoms with Crippen LogP contribution in [-0.4, -0.2) is 37.1 Å². The molecule has 0 saturated carbocycles. The van der Waals surface area contributed by atoms with Crippen LogP contribution in [0.1, 0.15) is 5.56 Å². The van der Waals surface area contributed by atoms with Crippen molar-refractivity contribution in [3.05, 3.63) is 54.2 Å². The molecule has 1 unspecified atom stereocenters. The van der Waals surface area contributed by atoms with E-state index in [2.05, 4.69) is 15.3 Å². The number of carbonyl (C=O) groups excluding carboxylic acids is 2. The van der Waals surface area contributed by atoms with Crippen molar-refractivity contribution in [2.45, 2.75) is 6.42 Å². The maximum atomic E-state index is 11.5. The smallest absolute Gasteiger partial charge is 0.345 e. The zero-order chi connectivity index (χ0) is 17.6. The molecular weight excluding hydrogens is 322 g/mol. The summed E-state index contributed by atoms with van der Waals surface area (Å²) in [6.07, 6.45) is 2.07. The van der Waals surface area contributed by atoms with Gasteiger partial charge in [0.1, 0.15) is 24.1 Å². The molecule has 1 aliphatic rings. The molecule has 0 aliphatic carbocycles. The first-order chi connectivity index (χ1) is 12.1. The standard InChI is InChI=1S/C18H19N3O4/c1-21(16-4-2-3-9-19-16)10-11-24-14-7-5-13(6-8-14)12-15-17(22)20-25-18(15)23/h2-9,15H,10-12H2,1H3,(H,20,22). The van der Waals surface area contributed by atoms with Crippen molar-refractivity contribution in [3.63, 3.8) is 0 Å². The van der Waals surface area contributed by atoms with Gasteiger partial charge in [0, 0.05) is 13.2 Å². The zero-order valence-electron chi connectivity index (χ0n) is 13.8. The third-order valence-electron chi connectivity index (χ3n) is 3.95. The van der Waals surface area contributed by atoms with Crippen LogP contribution in [0, 0.1) is 5.92 Å². The van der Waals surface area contributed by atoms with E-state index in [0.717, 1.165) is 17.1 Å². The van der Waals surface area contributed by atoms with E-state index in [1.54, 1.807) is 6.20 Å². The number of hydrogen-bond acceptors (Lipinski definition) is 6. The maximum Gasteiger partial charge on any atom is 0.345 e. The average molecular weight is 341 g/mol. The highest BCUT2D eigenvalue weighted by atomic mass is 16.7. The molecular formula is C18H19N3O4. The Morgan fingerprint density at radius 2 is 2.00 bits per heavy atom. The molecule has 1 amide bonds. The third-order valence-corrected chi connectivity index (χ3v) is 3.95. The fourth-order valence-corrected chi connectivity index (χ4v) is 2.48. The summed E-state index contributed by atoms with van der Waals surface area (Å²) in [5, 5.41) is 0.